The van der Waals surface area contributed by atoms with Gasteiger partial charge in [-0.1, -0.05) is 60.7 Å². The van der Waals surface area contributed by atoms with Gasteiger partial charge in [-0.05, 0) is 39.5 Å². The Balaban J connectivity index is 1.75. The van der Waals surface area contributed by atoms with E-state index in [0.717, 1.165) is 73.8 Å². The van der Waals surface area contributed by atoms with Gasteiger partial charge in [0.1, 0.15) is 5.82 Å². The van der Waals surface area contributed by atoms with Crippen LogP contribution in [0.5, 0.6) is 0 Å². The van der Waals surface area contributed by atoms with Gasteiger partial charge in [0.05, 0.1) is 17.6 Å². The molecule has 1 N–H and O–H groups in total. The van der Waals surface area contributed by atoms with E-state index in [1.165, 1.54) is 0 Å². The Bertz CT molecular complexity index is 917. The minimum Gasteiger partial charge on any atom is -0.396 e. The number of benzene rings is 2. The lowest BCUT2D eigenvalue weighted by atomic mass is 10.0. The maximum absolute atomic E-state index is 8.83. The minimum atomic E-state index is 0.238. The van der Waals surface area contributed by atoms with Crippen LogP contribution in [0.2, 0.25) is 0 Å². The fourth-order valence-electron chi connectivity index (χ4n) is 3.66. The molecule has 5 nitrogen and oxygen atoms in total. The molecular formula is C27H35N3O2. The third-order valence-corrected chi connectivity index (χ3v) is 5.41. The quantitative estimate of drug-likeness (QED) is 0.356. The van der Waals surface area contributed by atoms with Gasteiger partial charge in [-0.2, -0.15) is 0 Å². The van der Waals surface area contributed by atoms with Gasteiger partial charge in [-0.15, -0.1) is 0 Å². The number of aliphatic hydroxyl groups is 1. The molecule has 2 aromatic carbocycles. The van der Waals surface area contributed by atoms with Crippen molar-refractivity contribution >= 4 is 5.82 Å². The Morgan fingerprint density at radius 2 is 1.41 bits per heavy atom. The number of ether oxygens (including phenoxy) is 1. The van der Waals surface area contributed by atoms with Gasteiger partial charge < -0.3 is 14.7 Å². The average Bonchev–Trinajstić information content (AvgIpc) is 2.84. The molecule has 0 saturated carbocycles. The van der Waals surface area contributed by atoms with Crippen LogP contribution in [-0.4, -0.2) is 47.5 Å². The first-order valence-electron chi connectivity index (χ1n) is 11.6. The second-order valence-corrected chi connectivity index (χ2v) is 8.19. The van der Waals surface area contributed by atoms with Crippen molar-refractivity contribution in [3.05, 3.63) is 66.9 Å². The van der Waals surface area contributed by atoms with Crippen molar-refractivity contribution in [1.82, 2.24) is 9.97 Å². The first kappa shape index (κ1) is 23.9. The molecule has 0 aliphatic carbocycles. The summed E-state index contributed by atoms with van der Waals surface area (Å²) in [4.78, 5) is 12.3. The fourth-order valence-corrected chi connectivity index (χ4v) is 3.66. The van der Waals surface area contributed by atoms with Gasteiger partial charge >= 0.3 is 0 Å². The molecule has 3 rings (SSSR count). The summed E-state index contributed by atoms with van der Waals surface area (Å²) in [5.41, 5.74) is 3.95. The molecule has 1 heterocycles. The number of aliphatic hydroxyl groups excluding tert-OH is 1. The Morgan fingerprint density at radius 3 is 2.00 bits per heavy atom. The van der Waals surface area contributed by atoms with Crippen LogP contribution in [0.25, 0.3) is 22.5 Å². The highest BCUT2D eigenvalue weighted by Gasteiger charge is 2.17. The maximum Gasteiger partial charge on any atom is 0.148 e. The van der Waals surface area contributed by atoms with Crippen LogP contribution in [0.1, 0.15) is 39.5 Å². The topological polar surface area (TPSA) is 58.5 Å². The highest BCUT2D eigenvalue weighted by molar-refractivity contribution is 5.78. The van der Waals surface area contributed by atoms with Crippen molar-refractivity contribution in [2.24, 2.45) is 0 Å². The molecule has 0 unspecified atom stereocenters. The average molecular weight is 434 g/mol. The third kappa shape index (κ3) is 6.87. The lowest BCUT2D eigenvalue weighted by Crippen LogP contribution is -2.33. The zero-order valence-electron chi connectivity index (χ0n) is 19.3. The number of hydrogen-bond donors (Lipinski definition) is 1. The molecule has 0 amide bonds. The molecular weight excluding hydrogens is 398 g/mol. The van der Waals surface area contributed by atoms with Crippen LogP contribution in [0.3, 0.4) is 0 Å². The maximum atomic E-state index is 8.83. The van der Waals surface area contributed by atoms with Gasteiger partial charge in [0.15, 0.2) is 0 Å². The van der Waals surface area contributed by atoms with Crippen LogP contribution in [-0.2, 0) is 4.74 Å². The molecule has 0 spiro atoms. The number of unbranched alkanes of at least 4 members (excludes halogenated alkanes) is 2. The van der Waals surface area contributed by atoms with E-state index in [0.29, 0.717) is 6.04 Å². The Morgan fingerprint density at radius 1 is 0.812 bits per heavy atom. The van der Waals surface area contributed by atoms with Gasteiger partial charge in [-0.3, -0.25) is 4.98 Å². The van der Waals surface area contributed by atoms with Crippen molar-refractivity contribution in [3.8, 4) is 22.5 Å². The van der Waals surface area contributed by atoms with Gasteiger partial charge in [0.25, 0.3) is 0 Å². The van der Waals surface area contributed by atoms with E-state index in [1.807, 2.05) is 42.6 Å². The SMILES string of the molecule is CC(C)N(CCCCOCCCCO)c1cnc(-c2ccccc2)c(-c2ccccc2)n1. The molecule has 3 aromatic rings. The van der Waals surface area contributed by atoms with Gasteiger partial charge in [-0.25, -0.2) is 4.98 Å². The minimum absolute atomic E-state index is 0.238. The Labute approximate surface area is 192 Å². The summed E-state index contributed by atoms with van der Waals surface area (Å²) in [7, 11) is 0. The first-order chi connectivity index (χ1) is 15.7. The lowest BCUT2D eigenvalue weighted by molar-refractivity contribution is 0.122. The van der Waals surface area contributed by atoms with Crippen molar-refractivity contribution in [3.63, 3.8) is 0 Å². The predicted molar refractivity (Wildman–Crippen MR) is 132 cm³/mol. The number of aromatic nitrogens is 2. The molecule has 0 fully saturated rings. The summed E-state index contributed by atoms with van der Waals surface area (Å²) in [6.07, 6.45) is 5.66. The van der Waals surface area contributed by atoms with Crippen LogP contribution < -0.4 is 4.90 Å². The molecule has 0 aliphatic rings. The third-order valence-electron chi connectivity index (χ3n) is 5.41. The highest BCUT2D eigenvalue weighted by Crippen LogP contribution is 2.30. The molecule has 0 bridgehead atoms. The van der Waals surface area contributed by atoms with Crippen LogP contribution >= 0.6 is 0 Å². The molecule has 1 aromatic heterocycles. The molecule has 32 heavy (non-hydrogen) atoms. The lowest BCUT2D eigenvalue weighted by Gasteiger charge is -2.28. The standard InChI is InChI=1S/C27H35N3O2/c1-22(2)30(17-9-11-19-32-20-12-10-18-31)25-21-28-26(23-13-5-3-6-14-23)27(29-25)24-15-7-4-8-16-24/h3-8,13-16,21-22,31H,9-12,17-20H2,1-2H3. The Hall–Kier alpha value is -2.76. The highest BCUT2D eigenvalue weighted by atomic mass is 16.5. The summed E-state index contributed by atoms with van der Waals surface area (Å²) in [5, 5.41) is 8.83. The second-order valence-electron chi connectivity index (χ2n) is 8.19. The summed E-state index contributed by atoms with van der Waals surface area (Å²) in [6.45, 7) is 7.01. The van der Waals surface area contributed by atoms with Crippen molar-refractivity contribution in [1.29, 1.82) is 0 Å². The summed E-state index contributed by atoms with van der Waals surface area (Å²) >= 11 is 0. The molecule has 0 radical (unpaired) electrons. The van der Waals surface area contributed by atoms with Crippen LogP contribution in [0.4, 0.5) is 5.82 Å². The van der Waals surface area contributed by atoms with E-state index in [-0.39, 0.29) is 6.61 Å². The summed E-state index contributed by atoms with van der Waals surface area (Å²) in [5.74, 6) is 0.905. The van der Waals surface area contributed by atoms with E-state index in [9.17, 15) is 0 Å². The molecule has 0 atom stereocenters. The molecule has 0 aliphatic heterocycles. The van der Waals surface area contributed by atoms with Crippen LogP contribution in [0, 0.1) is 0 Å². The van der Waals surface area contributed by atoms with Crippen molar-refractivity contribution < 1.29 is 9.84 Å². The zero-order valence-corrected chi connectivity index (χ0v) is 19.3. The molecule has 0 saturated heterocycles. The summed E-state index contributed by atoms with van der Waals surface area (Å²) < 4.78 is 5.67. The van der Waals surface area contributed by atoms with Gasteiger partial charge in [0.2, 0.25) is 0 Å². The van der Waals surface area contributed by atoms with E-state index in [1.54, 1.807) is 0 Å². The second kappa shape index (κ2) is 12.9. The first-order valence-corrected chi connectivity index (χ1v) is 11.6. The number of hydrogen-bond acceptors (Lipinski definition) is 5. The smallest absolute Gasteiger partial charge is 0.148 e. The van der Waals surface area contributed by atoms with Gasteiger partial charge in [0, 0.05) is 43.5 Å². The normalized spacial score (nSPS) is 11.1. The van der Waals surface area contributed by atoms with E-state index >= 15 is 0 Å². The molecule has 5 heteroatoms. The number of nitrogens with zero attached hydrogens (tertiary/aromatic N) is 3. The fraction of sp³-hybridized carbons (Fsp3) is 0.407. The van der Waals surface area contributed by atoms with Crippen molar-refractivity contribution in [2.75, 3.05) is 31.3 Å². The number of rotatable bonds is 13. The number of anilines is 1. The molecule has 170 valence electrons. The predicted octanol–water partition coefficient (Wildman–Crippen LogP) is 5.59. The zero-order chi connectivity index (χ0) is 22.6. The monoisotopic (exact) mass is 433 g/mol. The largest absolute Gasteiger partial charge is 0.396 e. The Kier molecular flexibility index (Phi) is 9.66. The van der Waals surface area contributed by atoms with Crippen LogP contribution in [0.15, 0.2) is 66.9 Å². The van der Waals surface area contributed by atoms with E-state index in [4.69, 9.17) is 19.8 Å². The summed E-state index contributed by atoms with van der Waals surface area (Å²) in [6, 6.07) is 20.9. The van der Waals surface area contributed by atoms with Crippen molar-refractivity contribution in [2.45, 2.75) is 45.6 Å². The van der Waals surface area contributed by atoms with E-state index in [2.05, 4.69) is 43.0 Å². The van der Waals surface area contributed by atoms with E-state index < -0.39 is 0 Å².